The molecule has 1 aromatic carbocycles. The van der Waals surface area contributed by atoms with Crippen LogP contribution in [0.3, 0.4) is 0 Å². The average molecular weight is 434 g/mol. The third kappa shape index (κ3) is 9.14. The van der Waals surface area contributed by atoms with E-state index in [9.17, 15) is 4.79 Å². The third-order valence-corrected chi connectivity index (χ3v) is 4.99. The van der Waals surface area contributed by atoms with Crippen molar-refractivity contribution >= 4 is 12.1 Å². The molecule has 0 aromatic heterocycles. The van der Waals surface area contributed by atoms with Gasteiger partial charge in [0.15, 0.2) is 5.96 Å². The van der Waals surface area contributed by atoms with Gasteiger partial charge in [-0.2, -0.15) is 0 Å². The lowest BCUT2D eigenvalue weighted by Crippen LogP contribution is -2.44. The molecule has 0 atom stereocenters. The van der Waals surface area contributed by atoms with Gasteiger partial charge in [0.1, 0.15) is 5.60 Å². The van der Waals surface area contributed by atoms with Crippen LogP contribution in [0.25, 0.3) is 0 Å². The lowest BCUT2D eigenvalue weighted by atomic mass is 10.1. The molecule has 0 aliphatic carbocycles. The van der Waals surface area contributed by atoms with Gasteiger partial charge < -0.3 is 25.0 Å². The van der Waals surface area contributed by atoms with E-state index in [1.165, 1.54) is 11.1 Å². The first-order chi connectivity index (χ1) is 14.8. The molecule has 1 aromatic rings. The van der Waals surface area contributed by atoms with Crippen LogP contribution in [-0.4, -0.2) is 80.4 Å². The fourth-order valence-electron chi connectivity index (χ4n) is 3.30. The summed E-state index contributed by atoms with van der Waals surface area (Å²) in [6, 6.07) is 8.48. The van der Waals surface area contributed by atoms with Gasteiger partial charge in [0.05, 0.1) is 13.2 Å². The van der Waals surface area contributed by atoms with E-state index in [-0.39, 0.29) is 6.09 Å². The topological polar surface area (TPSA) is 78.4 Å². The van der Waals surface area contributed by atoms with Crippen LogP contribution in [-0.2, 0) is 22.6 Å². The molecule has 8 heteroatoms. The molecule has 0 spiro atoms. The van der Waals surface area contributed by atoms with Crippen molar-refractivity contribution in [1.82, 2.24) is 20.4 Å². The molecule has 0 saturated carbocycles. The van der Waals surface area contributed by atoms with Crippen molar-refractivity contribution < 1.29 is 14.3 Å². The largest absolute Gasteiger partial charge is 0.444 e. The highest BCUT2D eigenvalue weighted by Crippen LogP contribution is 2.13. The molecular weight excluding hydrogens is 394 g/mol. The van der Waals surface area contributed by atoms with Gasteiger partial charge >= 0.3 is 6.09 Å². The maximum absolute atomic E-state index is 12.3. The summed E-state index contributed by atoms with van der Waals surface area (Å²) in [7, 11) is 1.75. The number of benzene rings is 1. The number of likely N-dealkylation sites (N-methyl/N-ethyl adjacent to an activating group) is 1. The Balaban J connectivity index is 1.82. The number of nitrogens with zero attached hydrogens (tertiary/aromatic N) is 3. The molecule has 8 nitrogen and oxygen atoms in total. The Bertz CT molecular complexity index is 711. The Labute approximate surface area is 187 Å². The van der Waals surface area contributed by atoms with Crippen molar-refractivity contribution in [2.45, 2.75) is 46.4 Å². The molecule has 1 fully saturated rings. The summed E-state index contributed by atoms with van der Waals surface area (Å²) in [5.74, 6) is 0.710. The second-order valence-electron chi connectivity index (χ2n) is 8.57. The van der Waals surface area contributed by atoms with Crippen LogP contribution in [0.5, 0.6) is 0 Å². The zero-order chi connectivity index (χ0) is 22.7. The Hall–Kier alpha value is -2.32. The Morgan fingerprint density at radius 3 is 2.48 bits per heavy atom. The van der Waals surface area contributed by atoms with Crippen LogP contribution in [0.2, 0.25) is 0 Å². The highest BCUT2D eigenvalue weighted by molar-refractivity contribution is 5.79. The minimum Gasteiger partial charge on any atom is -0.444 e. The molecule has 1 aliphatic rings. The van der Waals surface area contributed by atoms with Gasteiger partial charge in [-0.15, -0.1) is 0 Å². The summed E-state index contributed by atoms with van der Waals surface area (Å²) in [5.41, 5.74) is 2.07. The number of ether oxygens (including phenoxy) is 2. The molecule has 1 saturated heterocycles. The summed E-state index contributed by atoms with van der Waals surface area (Å²) in [6.45, 7) is 14.4. The first kappa shape index (κ1) is 24.9. The molecule has 1 amide bonds. The number of amides is 1. The number of rotatable bonds is 8. The normalized spacial score (nSPS) is 15.5. The molecule has 0 unspecified atom stereocenters. The summed E-state index contributed by atoms with van der Waals surface area (Å²) < 4.78 is 10.9. The lowest BCUT2D eigenvalue weighted by Gasteiger charge is -2.27. The molecule has 1 aliphatic heterocycles. The number of morpholine rings is 1. The summed E-state index contributed by atoms with van der Waals surface area (Å²) in [4.78, 5) is 20.7. The summed E-state index contributed by atoms with van der Waals surface area (Å²) >= 11 is 0. The number of carbonyl (C=O) groups is 1. The van der Waals surface area contributed by atoms with E-state index >= 15 is 0 Å². The SMILES string of the molecule is CCN(CCNC(=NC)NCc1ccccc1CN1CCOCC1)C(=O)OC(C)(C)C. The fraction of sp³-hybridized carbons (Fsp3) is 0.652. The van der Waals surface area contributed by atoms with Gasteiger partial charge in [-0.25, -0.2) is 4.79 Å². The van der Waals surface area contributed by atoms with Gasteiger partial charge in [-0.3, -0.25) is 9.89 Å². The van der Waals surface area contributed by atoms with E-state index in [1.807, 2.05) is 27.7 Å². The van der Waals surface area contributed by atoms with Gasteiger partial charge in [0.2, 0.25) is 0 Å². The Kier molecular flexibility index (Phi) is 10.1. The van der Waals surface area contributed by atoms with Crippen molar-refractivity contribution in [3.8, 4) is 0 Å². The van der Waals surface area contributed by atoms with Crippen LogP contribution in [0, 0.1) is 0 Å². The van der Waals surface area contributed by atoms with E-state index < -0.39 is 5.60 Å². The first-order valence-electron chi connectivity index (χ1n) is 11.1. The number of aliphatic imine (C=N–C) groups is 1. The van der Waals surface area contributed by atoms with Crippen molar-refractivity contribution in [2.24, 2.45) is 4.99 Å². The number of carbonyl (C=O) groups excluding carboxylic acids is 1. The van der Waals surface area contributed by atoms with E-state index in [2.05, 4.69) is 44.8 Å². The Morgan fingerprint density at radius 2 is 1.87 bits per heavy atom. The fourth-order valence-corrected chi connectivity index (χ4v) is 3.30. The minimum absolute atomic E-state index is 0.295. The van der Waals surface area contributed by atoms with Crippen LogP contribution >= 0.6 is 0 Å². The number of nitrogens with one attached hydrogen (secondary N) is 2. The maximum atomic E-state index is 12.3. The first-order valence-corrected chi connectivity index (χ1v) is 11.1. The molecule has 31 heavy (non-hydrogen) atoms. The van der Waals surface area contributed by atoms with Crippen molar-refractivity contribution in [3.63, 3.8) is 0 Å². The van der Waals surface area contributed by atoms with E-state index in [0.717, 1.165) is 32.8 Å². The van der Waals surface area contributed by atoms with Crippen LogP contribution in [0.15, 0.2) is 29.3 Å². The van der Waals surface area contributed by atoms with E-state index in [4.69, 9.17) is 9.47 Å². The molecule has 174 valence electrons. The molecule has 2 rings (SSSR count). The predicted molar refractivity (Wildman–Crippen MR) is 124 cm³/mol. The van der Waals surface area contributed by atoms with E-state index in [1.54, 1.807) is 11.9 Å². The van der Waals surface area contributed by atoms with Crippen LogP contribution in [0.1, 0.15) is 38.8 Å². The van der Waals surface area contributed by atoms with Gasteiger partial charge in [0.25, 0.3) is 0 Å². The van der Waals surface area contributed by atoms with Gasteiger partial charge in [-0.05, 0) is 38.8 Å². The van der Waals surface area contributed by atoms with Gasteiger partial charge in [0, 0.05) is 52.9 Å². The molecule has 0 radical (unpaired) electrons. The number of hydrogen-bond donors (Lipinski definition) is 2. The standard InChI is InChI=1S/C23H39N5O3/c1-6-28(22(29)31-23(2,3)4)12-11-25-21(24-5)26-17-19-9-7-8-10-20(19)18-27-13-15-30-16-14-27/h7-10H,6,11-18H2,1-5H3,(H2,24,25,26). The molecule has 1 heterocycles. The highest BCUT2D eigenvalue weighted by atomic mass is 16.6. The zero-order valence-electron chi connectivity index (χ0n) is 19.7. The monoisotopic (exact) mass is 433 g/mol. The number of hydrogen-bond acceptors (Lipinski definition) is 5. The zero-order valence-corrected chi connectivity index (χ0v) is 19.7. The van der Waals surface area contributed by atoms with Crippen molar-refractivity contribution in [1.29, 1.82) is 0 Å². The van der Waals surface area contributed by atoms with Crippen molar-refractivity contribution in [3.05, 3.63) is 35.4 Å². The van der Waals surface area contributed by atoms with Crippen molar-refractivity contribution in [2.75, 3.05) is 53.0 Å². The highest BCUT2D eigenvalue weighted by Gasteiger charge is 2.20. The maximum Gasteiger partial charge on any atom is 0.410 e. The van der Waals surface area contributed by atoms with E-state index in [0.29, 0.717) is 32.1 Å². The van der Waals surface area contributed by atoms with Gasteiger partial charge in [-0.1, -0.05) is 24.3 Å². The quantitative estimate of drug-likeness (QED) is 0.484. The molecular formula is C23H39N5O3. The lowest BCUT2D eigenvalue weighted by molar-refractivity contribution is 0.0264. The Morgan fingerprint density at radius 1 is 1.19 bits per heavy atom. The molecule has 2 N–H and O–H groups in total. The van der Waals surface area contributed by atoms with Crippen LogP contribution in [0.4, 0.5) is 4.79 Å². The third-order valence-electron chi connectivity index (χ3n) is 4.99. The second kappa shape index (κ2) is 12.5. The summed E-state index contributed by atoms with van der Waals surface area (Å²) in [6.07, 6.45) is -0.295. The number of guanidine groups is 1. The summed E-state index contributed by atoms with van der Waals surface area (Å²) in [5, 5.41) is 6.67. The smallest absolute Gasteiger partial charge is 0.410 e. The molecule has 0 bridgehead atoms. The average Bonchev–Trinajstić information content (AvgIpc) is 2.73. The minimum atomic E-state index is -0.496. The van der Waals surface area contributed by atoms with Crippen LogP contribution < -0.4 is 10.6 Å². The second-order valence-corrected chi connectivity index (χ2v) is 8.57. The predicted octanol–water partition coefficient (Wildman–Crippen LogP) is 2.44.